The van der Waals surface area contributed by atoms with Crippen LogP contribution in [-0.4, -0.2) is 29.9 Å². The Bertz CT molecular complexity index is 396. The van der Waals surface area contributed by atoms with Crippen molar-refractivity contribution < 1.29 is 19.1 Å². The van der Waals surface area contributed by atoms with Gasteiger partial charge in [-0.3, -0.25) is 4.79 Å². The summed E-state index contributed by atoms with van der Waals surface area (Å²) < 4.78 is 10.0. The zero-order valence-electron chi connectivity index (χ0n) is 9.67. The Morgan fingerprint density at radius 3 is 2.50 bits per heavy atom. The van der Waals surface area contributed by atoms with Gasteiger partial charge in [0.25, 0.3) is 0 Å². The summed E-state index contributed by atoms with van der Waals surface area (Å²) in [6.45, 7) is 0.331. The lowest BCUT2D eigenvalue weighted by molar-refractivity contribution is -0.127. The number of carbonyl (C=O) groups is 2. The standard InChI is InChI=1S/C12H14BrNO4/c13-6-10(15)11(18-12(14)16)8-17-7-9-4-2-1-3-5-9/h1-5,11H,6-8H2,(H2,14,16)/t11-/m0/s1. The van der Waals surface area contributed by atoms with E-state index in [0.717, 1.165) is 5.56 Å². The predicted octanol–water partition coefficient (Wildman–Crippen LogP) is 1.63. The molecule has 5 nitrogen and oxygen atoms in total. The quantitative estimate of drug-likeness (QED) is 0.776. The Kier molecular flexibility index (Phi) is 6.38. The molecule has 0 aliphatic heterocycles. The van der Waals surface area contributed by atoms with E-state index in [4.69, 9.17) is 10.5 Å². The Morgan fingerprint density at radius 2 is 1.94 bits per heavy atom. The average molecular weight is 316 g/mol. The van der Waals surface area contributed by atoms with Crippen LogP contribution in [0, 0.1) is 0 Å². The van der Waals surface area contributed by atoms with Gasteiger partial charge in [0, 0.05) is 0 Å². The van der Waals surface area contributed by atoms with Gasteiger partial charge in [0.15, 0.2) is 11.9 Å². The molecule has 0 saturated carbocycles. The van der Waals surface area contributed by atoms with Crippen LogP contribution in [-0.2, 0) is 20.9 Å². The zero-order valence-corrected chi connectivity index (χ0v) is 11.3. The van der Waals surface area contributed by atoms with Crippen LogP contribution in [0.1, 0.15) is 5.56 Å². The third-order valence-corrected chi connectivity index (χ3v) is 2.68. The van der Waals surface area contributed by atoms with Gasteiger partial charge in [-0.05, 0) is 5.56 Å². The SMILES string of the molecule is NC(=O)O[C@@H](COCc1ccccc1)C(=O)CBr. The third kappa shape index (κ3) is 5.29. The topological polar surface area (TPSA) is 78.6 Å². The van der Waals surface area contributed by atoms with Crippen molar-refractivity contribution in [2.45, 2.75) is 12.7 Å². The molecule has 18 heavy (non-hydrogen) atoms. The molecular weight excluding hydrogens is 302 g/mol. The van der Waals surface area contributed by atoms with Crippen molar-refractivity contribution in [3.8, 4) is 0 Å². The van der Waals surface area contributed by atoms with Gasteiger partial charge in [-0.2, -0.15) is 0 Å². The highest BCUT2D eigenvalue weighted by molar-refractivity contribution is 9.09. The number of carbonyl (C=O) groups excluding carboxylic acids is 2. The Balaban J connectivity index is 2.42. The molecule has 98 valence electrons. The van der Waals surface area contributed by atoms with Crippen molar-refractivity contribution in [2.24, 2.45) is 5.73 Å². The van der Waals surface area contributed by atoms with Gasteiger partial charge in [0.2, 0.25) is 0 Å². The minimum absolute atomic E-state index is 0.0116. The van der Waals surface area contributed by atoms with Gasteiger partial charge in [-0.15, -0.1) is 0 Å². The van der Waals surface area contributed by atoms with E-state index in [1.54, 1.807) is 0 Å². The van der Waals surface area contributed by atoms with E-state index >= 15 is 0 Å². The maximum atomic E-state index is 11.4. The molecule has 0 aliphatic carbocycles. The van der Waals surface area contributed by atoms with Gasteiger partial charge in [-0.25, -0.2) is 4.79 Å². The van der Waals surface area contributed by atoms with Gasteiger partial charge in [0.1, 0.15) is 0 Å². The van der Waals surface area contributed by atoms with E-state index in [1.165, 1.54) is 0 Å². The molecule has 2 N–H and O–H groups in total. The van der Waals surface area contributed by atoms with Crippen LogP contribution < -0.4 is 5.73 Å². The molecule has 0 saturated heterocycles. The first-order chi connectivity index (χ1) is 8.63. The number of alkyl halides is 1. The minimum Gasteiger partial charge on any atom is -0.436 e. The summed E-state index contributed by atoms with van der Waals surface area (Å²) in [6, 6.07) is 9.48. The molecule has 1 aromatic rings. The van der Waals surface area contributed by atoms with Crippen molar-refractivity contribution >= 4 is 27.8 Å². The minimum atomic E-state index is -0.988. The predicted molar refractivity (Wildman–Crippen MR) is 69.4 cm³/mol. The van der Waals surface area contributed by atoms with E-state index in [9.17, 15) is 9.59 Å². The molecule has 6 heteroatoms. The van der Waals surface area contributed by atoms with Crippen molar-refractivity contribution in [1.82, 2.24) is 0 Å². The summed E-state index contributed by atoms with van der Waals surface area (Å²) in [5, 5.41) is 0.0830. The first-order valence-corrected chi connectivity index (χ1v) is 6.42. The highest BCUT2D eigenvalue weighted by Gasteiger charge is 2.20. The van der Waals surface area contributed by atoms with E-state index in [1.807, 2.05) is 30.3 Å². The van der Waals surface area contributed by atoms with E-state index in [0.29, 0.717) is 6.61 Å². The van der Waals surface area contributed by atoms with Crippen LogP contribution in [0.25, 0.3) is 0 Å². The first-order valence-electron chi connectivity index (χ1n) is 5.30. The maximum absolute atomic E-state index is 11.4. The molecule has 0 aliphatic rings. The van der Waals surface area contributed by atoms with Crippen LogP contribution in [0.5, 0.6) is 0 Å². The molecule has 1 amide bonds. The molecular formula is C12H14BrNO4. The largest absolute Gasteiger partial charge is 0.436 e. The van der Waals surface area contributed by atoms with Gasteiger partial charge >= 0.3 is 6.09 Å². The van der Waals surface area contributed by atoms with Crippen LogP contribution >= 0.6 is 15.9 Å². The second-order valence-electron chi connectivity index (χ2n) is 3.53. The fourth-order valence-electron chi connectivity index (χ4n) is 1.28. The normalized spacial score (nSPS) is 11.8. The summed E-state index contributed by atoms with van der Waals surface area (Å²) in [4.78, 5) is 22.1. The number of nitrogens with two attached hydrogens (primary N) is 1. The summed E-state index contributed by atoms with van der Waals surface area (Å²) in [5.74, 6) is -0.290. The van der Waals surface area contributed by atoms with Crippen LogP contribution in [0.2, 0.25) is 0 Å². The molecule has 0 unspecified atom stereocenters. The molecule has 0 bridgehead atoms. The number of benzene rings is 1. The molecule has 1 atom stereocenters. The number of hydrogen-bond donors (Lipinski definition) is 1. The van der Waals surface area contributed by atoms with E-state index < -0.39 is 12.2 Å². The van der Waals surface area contributed by atoms with Crippen molar-refractivity contribution in [3.05, 3.63) is 35.9 Å². The lowest BCUT2D eigenvalue weighted by atomic mass is 10.2. The maximum Gasteiger partial charge on any atom is 0.405 e. The molecule has 1 aromatic carbocycles. The van der Waals surface area contributed by atoms with Crippen molar-refractivity contribution in [1.29, 1.82) is 0 Å². The highest BCUT2D eigenvalue weighted by Crippen LogP contribution is 2.04. The van der Waals surface area contributed by atoms with Gasteiger partial charge in [0.05, 0.1) is 18.5 Å². The number of primary amides is 1. The van der Waals surface area contributed by atoms with Crippen LogP contribution in [0.15, 0.2) is 30.3 Å². The Labute approximate surface area is 113 Å². The summed E-state index contributed by atoms with van der Waals surface area (Å²) in [7, 11) is 0. The summed E-state index contributed by atoms with van der Waals surface area (Å²) in [6.07, 6.45) is -1.96. The first kappa shape index (κ1) is 14.7. The van der Waals surface area contributed by atoms with E-state index in [2.05, 4.69) is 20.7 Å². The van der Waals surface area contributed by atoms with Gasteiger partial charge < -0.3 is 15.2 Å². The average Bonchev–Trinajstić information content (AvgIpc) is 2.37. The number of Topliss-reactive ketones (excluding diaryl/α,β-unsaturated/α-hetero) is 1. The van der Waals surface area contributed by atoms with Crippen LogP contribution in [0.4, 0.5) is 4.79 Å². The Morgan fingerprint density at radius 1 is 1.28 bits per heavy atom. The fraction of sp³-hybridized carbons (Fsp3) is 0.333. The third-order valence-electron chi connectivity index (χ3n) is 2.13. The van der Waals surface area contributed by atoms with E-state index in [-0.39, 0.29) is 17.7 Å². The monoisotopic (exact) mass is 315 g/mol. The number of ether oxygens (including phenoxy) is 2. The molecule has 1 rings (SSSR count). The number of rotatable bonds is 7. The Hall–Kier alpha value is -1.40. The lowest BCUT2D eigenvalue weighted by Crippen LogP contribution is -2.34. The number of ketones is 1. The number of amides is 1. The lowest BCUT2D eigenvalue weighted by Gasteiger charge is -2.14. The van der Waals surface area contributed by atoms with Crippen molar-refractivity contribution in [2.75, 3.05) is 11.9 Å². The molecule has 0 heterocycles. The summed E-state index contributed by atoms with van der Waals surface area (Å²) >= 11 is 3.00. The zero-order chi connectivity index (χ0) is 13.4. The molecule has 0 fully saturated rings. The molecule has 0 radical (unpaired) electrons. The van der Waals surface area contributed by atoms with Crippen molar-refractivity contribution in [3.63, 3.8) is 0 Å². The fourth-order valence-corrected chi connectivity index (χ4v) is 1.64. The smallest absolute Gasteiger partial charge is 0.405 e. The molecule has 0 aromatic heterocycles. The van der Waals surface area contributed by atoms with Gasteiger partial charge in [-0.1, -0.05) is 46.3 Å². The number of halogens is 1. The van der Waals surface area contributed by atoms with Crippen LogP contribution in [0.3, 0.4) is 0 Å². The highest BCUT2D eigenvalue weighted by atomic mass is 79.9. The number of hydrogen-bond acceptors (Lipinski definition) is 4. The second-order valence-corrected chi connectivity index (χ2v) is 4.09. The summed E-state index contributed by atoms with van der Waals surface area (Å²) in [5.41, 5.74) is 5.86. The molecule has 0 spiro atoms. The second kappa shape index (κ2) is 7.84.